The molecule has 1 fully saturated rings. The molecule has 3 atom stereocenters. The molecule has 1 aromatic rings. The fraction of sp³-hybridized carbons (Fsp3) is 0.632. The van der Waals surface area contributed by atoms with Crippen molar-refractivity contribution in [3.63, 3.8) is 0 Å². The maximum Gasteiger partial charge on any atom is 0.389 e. The molecule has 0 saturated heterocycles. The number of Topliss-reactive ketones (excluding diaryl/α,β-unsaturated/α-hetero) is 1. The van der Waals surface area contributed by atoms with Crippen molar-refractivity contribution in [2.45, 2.75) is 61.6 Å². The quantitative estimate of drug-likeness (QED) is 0.386. The number of allylic oxidation sites excluding steroid dienone is 1. The van der Waals surface area contributed by atoms with Crippen LogP contribution in [0.15, 0.2) is 21.9 Å². The van der Waals surface area contributed by atoms with E-state index in [1.165, 1.54) is 35.4 Å². The van der Waals surface area contributed by atoms with Gasteiger partial charge in [-0.05, 0) is 38.5 Å². The van der Waals surface area contributed by atoms with Crippen LogP contribution in [0.5, 0.6) is 0 Å². The SMILES string of the molecule is C[C@@](O)(C/C=C/[C@@H]1CCC(=O)[C@@H]1CCSc1nc(C(=O)O)cs1)CCC(F)(F)F. The number of carbonyl (C=O) groups is 2. The van der Waals surface area contributed by atoms with Crippen molar-refractivity contribution in [1.82, 2.24) is 4.98 Å². The van der Waals surface area contributed by atoms with Gasteiger partial charge in [0, 0.05) is 29.9 Å². The highest BCUT2D eigenvalue weighted by Crippen LogP contribution is 2.35. The third-order valence-corrected chi connectivity index (χ3v) is 6.95. The van der Waals surface area contributed by atoms with E-state index in [-0.39, 0.29) is 36.2 Å². The second-order valence-electron chi connectivity index (χ2n) is 7.46. The first-order valence-electron chi connectivity index (χ1n) is 9.27. The smallest absolute Gasteiger partial charge is 0.389 e. The Labute approximate surface area is 175 Å². The number of aromatic nitrogens is 1. The minimum Gasteiger partial charge on any atom is -0.476 e. The number of aromatic carboxylic acids is 1. The molecule has 0 bridgehead atoms. The molecule has 2 rings (SSSR count). The lowest BCUT2D eigenvalue weighted by molar-refractivity contribution is -0.145. The van der Waals surface area contributed by atoms with Crippen LogP contribution in [0.2, 0.25) is 0 Å². The Morgan fingerprint density at radius 3 is 2.76 bits per heavy atom. The largest absolute Gasteiger partial charge is 0.476 e. The first kappa shape index (κ1) is 23.9. The van der Waals surface area contributed by atoms with Crippen molar-refractivity contribution in [2.75, 3.05) is 5.75 Å². The summed E-state index contributed by atoms with van der Waals surface area (Å²) in [5, 5.41) is 20.5. The fourth-order valence-electron chi connectivity index (χ4n) is 3.24. The molecule has 0 radical (unpaired) electrons. The van der Waals surface area contributed by atoms with E-state index in [0.29, 0.717) is 29.4 Å². The summed E-state index contributed by atoms with van der Waals surface area (Å²) >= 11 is 2.66. The first-order valence-corrected chi connectivity index (χ1v) is 11.1. The molecule has 29 heavy (non-hydrogen) atoms. The summed E-state index contributed by atoms with van der Waals surface area (Å²) in [4.78, 5) is 27.0. The van der Waals surface area contributed by atoms with Crippen LogP contribution in [0.25, 0.3) is 0 Å². The van der Waals surface area contributed by atoms with E-state index in [1.54, 1.807) is 6.08 Å². The predicted molar refractivity (Wildman–Crippen MR) is 105 cm³/mol. The Hall–Kier alpha value is -1.39. The lowest BCUT2D eigenvalue weighted by atomic mass is 9.90. The normalized spacial score (nSPS) is 22.3. The average molecular weight is 452 g/mol. The molecular weight excluding hydrogens is 427 g/mol. The predicted octanol–water partition coefficient (Wildman–Crippen LogP) is 4.96. The van der Waals surface area contributed by atoms with Crippen LogP contribution in [-0.2, 0) is 4.79 Å². The number of aliphatic hydroxyl groups is 1. The molecule has 0 amide bonds. The Morgan fingerprint density at radius 1 is 1.41 bits per heavy atom. The number of carboxylic acid groups (broad SMARTS) is 1. The molecule has 2 N–H and O–H groups in total. The molecule has 5 nitrogen and oxygen atoms in total. The van der Waals surface area contributed by atoms with Crippen LogP contribution < -0.4 is 0 Å². The van der Waals surface area contributed by atoms with E-state index in [1.807, 2.05) is 6.08 Å². The number of halogens is 3. The van der Waals surface area contributed by atoms with Gasteiger partial charge in [0.2, 0.25) is 0 Å². The van der Waals surface area contributed by atoms with E-state index < -0.39 is 24.2 Å². The third-order valence-electron chi connectivity index (χ3n) is 4.90. The van der Waals surface area contributed by atoms with Gasteiger partial charge in [0.25, 0.3) is 0 Å². The van der Waals surface area contributed by atoms with Crippen molar-refractivity contribution >= 4 is 34.9 Å². The molecule has 10 heteroatoms. The van der Waals surface area contributed by atoms with E-state index >= 15 is 0 Å². The van der Waals surface area contributed by atoms with Gasteiger partial charge in [-0.25, -0.2) is 9.78 Å². The number of thiazole rings is 1. The molecule has 0 aromatic carbocycles. The minimum atomic E-state index is -4.29. The van der Waals surface area contributed by atoms with E-state index in [4.69, 9.17) is 5.11 Å². The van der Waals surface area contributed by atoms with Crippen LogP contribution in [0, 0.1) is 11.8 Å². The summed E-state index contributed by atoms with van der Waals surface area (Å²) in [6.07, 6.45) is -0.292. The van der Waals surface area contributed by atoms with Crippen LogP contribution in [0.4, 0.5) is 13.2 Å². The topological polar surface area (TPSA) is 87.5 Å². The zero-order chi connectivity index (χ0) is 21.7. The maximum atomic E-state index is 12.3. The number of ketones is 1. The Kier molecular flexibility index (Phi) is 8.30. The van der Waals surface area contributed by atoms with Crippen LogP contribution >= 0.6 is 23.1 Å². The summed E-state index contributed by atoms with van der Waals surface area (Å²) in [6.45, 7) is 1.39. The summed E-state index contributed by atoms with van der Waals surface area (Å²) in [5.41, 5.74) is -1.43. The summed E-state index contributed by atoms with van der Waals surface area (Å²) in [5.74, 6) is -0.452. The van der Waals surface area contributed by atoms with Crippen molar-refractivity contribution in [2.24, 2.45) is 11.8 Å². The summed E-state index contributed by atoms with van der Waals surface area (Å²) in [6, 6.07) is 0. The Bertz CT molecular complexity index is 746. The van der Waals surface area contributed by atoms with Crippen LogP contribution in [-0.4, -0.2) is 44.5 Å². The zero-order valence-electron chi connectivity index (χ0n) is 15.9. The highest BCUT2D eigenvalue weighted by atomic mass is 32.2. The van der Waals surface area contributed by atoms with Gasteiger partial charge in [-0.3, -0.25) is 4.79 Å². The molecule has 0 spiro atoms. The average Bonchev–Trinajstić information content (AvgIpc) is 3.21. The molecule has 162 valence electrons. The third kappa shape index (κ3) is 8.10. The molecule has 0 aliphatic heterocycles. The van der Waals surface area contributed by atoms with Crippen molar-refractivity contribution in [3.8, 4) is 0 Å². The highest BCUT2D eigenvalue weighted by molar-refractivity contribution is 8.01. The second kappa shape index (κ2) is 10.1. The minimum absolute atomic E-state index is 0.00684. The lowest BCUT2D eigenvalue weighted by Crippen LogP contribution is -2.26. The van der Waals surface area contributed by atoms with Crippen molar-refractivity contribution in [1.29, 1.82) is 0 Å². The number of rotatable bonds is 10. The van der Waals surface area contributed by atoms with Crippen molar-refractivity contribution < 1.29 is 33.0 Å². The van der Waals surface area contributed by atoms with Gasteiger partial charge in [-0.1, -0.05) is 23.9 Å². The monoisotopic (exact) mass is 451 g/mol. The number of carbonyl (C=O) groups excluding carboxylic acids is 1. The van der Waals surface area contributed by atoms with Gasteiger partial charge >= 0.3 is 12.1 Å². The van der Waals surface area contributed by atoms with Crippen molar-refractivity contribution in [3.05, 3.63) is 23.2 Å². The molecular formula is C19H24F3NO4S2. The Balaban J connectivity index is 1.82. The van der Waals surface area contributed by atoms with Gasteiger partial charge in [0.05, 0.1) is 5.60 Å². The lowest BCUT2D eigenvalue weighted by Gasteiger charge is -2.22. The number of alkyl halides is 3. The Morgan fingerprint density at radius 2 is 2.14 bits per heavy atom. The van der Waals surface area contributed by atoms with Gasteiger partial charge < -0.3 is 10.2 Å². The molecule has 1 aromatic heterocycles. The van der Waals surface area contributed by atoms with Gasteiger partial charge in [0.1, 0.15) is 5.78 Å². The van der Waals surface area contributed by atoms with E-state index in [2.05, 4.69) is 4.98 Å². The molecule has 1 aliphatic carbocycles. The molecule has 0 unspecified atom stereocenters. The molecule has 1 heterocycles. The molecule has 1 aliphatic rings. The van der Waals surface area contributed by atoms with Crippen LogP contribution in [0.1, 0.15) is 55.9 Å². The number of hydrogen-bond donors (Lipinski definition) is 2. The number of nitrogens with zero attached hydrogens (tertiary/aromatic N) is 1. The highest BCUT2D eigenvalue weighted by Gasteiger charge is 2.34. The second-order valence-corrected chi connectivity index (χ2v) is 9.66. The maximum absolute atomic E-state index is 12.3. The van der Waals surface area contributed by atoms with Gasteiger partial charge in [-0.15, -0.1) is 11.3 Å². The summed E-state index contributed by atoms with van der Waals surface area (Å²) in [7, 11) is 0. The van der Waals surface area contributed by atoms with Gasteiger partial charge in [0.15, 0.2) is 10.0 Å². The zero-order valence-corrected chi connectivity index (χ0v) is 17.6. The first-order chi connectivity index (χ1) is 13.5. The van der Waals surface area contributed by atoms with E-state index in [0.717, 1.165) is 0 Å². The standard InChI is InChI=1S/C19H24F3NO4S2/c1-18(27,8-9-19(20,21)22)7-2-3-12-4-5-15(24)13(12)6-10-28-17-23-14(11-29-17)16(25)26/h2-3,11-13,27H,4-10H2,1H3,(H,25,26)/b3-2+/t12-,13-,18-/m1/s1. The van der Waals surface area contributed by atoms with E-state index in [9.17, 15) is 27.9 Å². The number of thioether (sulfide) groups is 1. The summed E-state index contributed by atoms with van der Waals surface area (Å²) < 4.78 is 37.6. The van der Waals surface area contributed by atoms with Gasteiger partial charge in [-0.2, -0.15) is 13.2 Å². The number of hydrogen-bond acceptors (Lipinski definition) is 6. The van der Waals surface area contributed by atoms with Crippen LogP contribution in [0.3, 0.4) is 0 Å². The fourth-order valence-corrected chi connectivity index (χ4v) is 5.14. The number of carboxylic acids is 1. The molecule has 1 saturated carbocycles.